The van der Waals surface area contributed by atoms with Crippen molar-refractivity contribution in [3.63, 3.8) is 0 Å². The molecule has 0 N–H and O–H groups in total. The maximum atomic E-state index is 12.8. The fourth-order valence-electron chi connectivity index (χ4n) is 5.69. The van der Waals surface area contributed by atoms with Gasteiger partial charge in [-0.3, -0.25) is 0 Å². The summed E-state index contributed by atoms with van der Waals surface area (Å²) in [7, 11) is 0. The highest BCUT2D eigenvalue weighted by Gasteiger charge is 2.44. The summed E-state index contributed by atoms with van der Waals surface area (Å²) in [6, 6.07) is 21.7. The van der Waals surface area contributed by atoms with Gasteiger partial charge in [0, 0.05) is 48.1 Å². The van der Waals surface area contributed by atoms with E-state index in [-0.39, 0.29) is 17.8 Å². The van der Waals surface area contributed by atoms with Crippen LogP contribution < -0.4 is 20.2 Å². The van der Waals surface area contributed by atoms with E-state index >= 15 is 0 Å². The summed E-state index contributed by atoms with van der Waals surface area (Å²) in [4.78, 5) is 17.5. The van der Waals surface area contributed by atoms with Crippen molar-refractivity contribution in [2.45, 2.75) is 38.2 Å². The van der Waals surface area contributed by atoms with Crippen LogP contribution >= 0.6 is 39.1 Å². The molecule has 0 aliphatic carbocycles. The van der Waals surface area contributed by atoms with Crippen molar-refractivity contribution in [3.05, 3.63) is 99.2 Å². The SMILES string of the molecule is CCC(C)n1ncn(-c2ccc(N3CCN(c4ccc(OC[C@@H]5CO[C@@](CBr)(c6ccc(Cl)cc6Cl)O5)cc4)CC3)cc2)c1=O. The van der Waals surface area contributed by atoms with E-state index in [9.17, 15) is 4.79 Å². The second kappa shape index (κ2) is 13.8. The van der Waals surface area contributed by atoms with E-state index in [1.54, 1.807) is 27.7 Å². The van der Waals surface area contributed by atoms with Crippen LogP contribution in [0.5, 0.6) is 5.75 Å². The highest BCUT2D eigenvalue weighted by atomic mass is 79.9. The third-order valence-electron chi connectivity index (χ3n) is 8.49. The van der Waals surface area contributed by atoms with Crippen molar-refractivity contribution in [1.29, 1.82) is 0 Å². The van der Waals surface area contributed by atoms with Gasteiger partial charge in [0.1, 0.15) is 24.8 Å². The minimum absolute atomic E-state index is 0.0708. The molecule has 1 unspecified atom stereocenters. The average Bonchev–Trinajstić information content (AvgIpc) is 3.68. The second-order valence-electron chi connectivity index (χ2n) is 11.3. The van der Waals surface area contributed by atoms with Crippen LogP contribution in [0.25, 0.3) is 5.69 Å². The molecule has 3 heterocycles. The summed E-state index contributed by atoms with van der Waals surface area (Å²) in [6.07, 6.45) is 2.20. The van der Waals surface area contributed by atoms with Crippen LogP contribution in [-0.4, -0.2) is 65.2 Å². The lowest BCUT2D eigenvalue weighted by Crippen LogP contribution is -2.46. The number of halogens is 3. The molecule has 3 aromatic carbocycles. The van der Waals surface area contributed by atoms with E-state index in [1.165, 1.54) is 0 Å². The van der Waals surface area contributed by atoms with E-state index in [2.05, 4.69) is 55.1 Å². The van der Waals surface area contributed by atoms with Crippen LogP contribution in [0.15, 0.2) is 77.9 Å². The van der Waals surface area contributed by atoms with Gasteiger partial charge in [-0.15, -0.1) is 0 Å². The highest BCUT2D eigenvalue weighted by Crippen LogP contribution is 2.40. The van der Waals surface area contributed by atoms with Gasteiger partial charge >= 0.3 is 5.69 Å². The molecule has 12 heteroatoms. The van der Waals surface area contributed by atoms with Gasteiger partial charge in [-0.25, -0.2) is 14.0 Å². The molecular formula is C33H36BrCl2N5O4. The summed E-state index contributed by atoms with van der Waals surface area (Å²) in [5.74, 6) is -0.212. The maximum absolute atomic E-state index is 12.8. The maximum Gasteiger partial charge on any atom is 0.350 e. The number of anilines is 2. The first-order valence-corrected chi connectivity index (χ1v) is 17.0. The third kappa shape index (κ3) is 6.76. The first kappa shape index (κ1) is 31.9. The normalized spacial score (nSPS) is 20.9. The zero-order chi connectivity index (χ0) is 31.6. The number of aromatic nitrogens is 3. The lowest BCUT2D eigenvalue weighted by atomic mass is 10.1. The fourth-order valence-corrected chi connectivity index (χ4v) is 6.84. The number of hydrogen-bond acceptors (Lipinski definition) is 7. The molecule has 0 saturated carbocycles. The molecule has 2 saturated heterocycles. The lowest BCUT2D eigenvalue weighted by molar-refractivity contribution is -0.159. The standard InChI is InChI=1S/C33H36BrCl2N5O4/c1-3-23(2)41-32(42)40(22-37-41)27-7-5-25(6-8-27)38-14-16-39(17-15-38)26-9-11-28(12-10-26)43-19-29-20-44-33(21-34,45-29)30-13-4-24(35)18-31(30)36/h4-13,18,22-23,29H,3,14-17,19-21H2,1-2H3/t23?,29-,33-/m1/s1. The molecule has 9 nitrogen and oxygen atoms in total. The van der Waals surface area contributed by atoms with Gasteiger partial charge in [0.15, 0.2) is 0 Å². The van der Waals surface area contributed by atoms with Crippen LogP contribution in [0.3, 0.4) is 0 Å². The molecule has 4 aromatic rings. The Balaban J connectivity index is 0.998. The number of hydrogen-bond donors (Lipinski definition) is 0. The monoisotopic (exact) mass is 715 g/mol. The Kier molecular flexibility index (Phi) is 9.77. The van der Waals surface area contributed by atoms with Crippen molar-refractivity contribution in [3.8, 4) is 11.4 Å². The minimum Gasteiger partial charge on any atom is -0.491 e. The Morgan fingerprint density at radius 3 is 2.20 bits per heavy atom. The molecule has 0 amide bonds. The number of benzene rings is 3. The summed E-state index contributed by atoms with van der Waals surface area (Å²) in [5, 5.41) is 5.78. The van der Waals surface area contributed by atoms with Gasteiger partial charge in [0.2, 0.25) is 5.79 Å². The van der Waals surface area contributed by atoms with Crippen molar-refractivity contribution >= 4 is 50.5 Å². The molecule has 2 aliphatic rings. The van der Waals surface area contributed by atoms with E-state index in [4.69, 9.17) is 37.4 Å². The quantitative estimate of drug-likeness (QED) is 0.170. The van der Waals surface area contributed by atoms with Crippen LogP contribution in [0.4, 0.5) is 11.4 Å². The summed E-state index contributed by atoms with van der Waals surface area (Å²) < 4.78 is 21.6. The van der Waals surface area contributed by atoms with Gasteiger partial charge < -0.3 is 24.0 Å². The smallest absolute Gasteiger partial charge is 0.350 e. The molecule has 3 atom stereocenters. The zero-order valence-corrected chi connectivity index (χ0v) is 28.3. The number of ether oxygens (including phenoxy) is 3. The molecule has 0 radical (unpaired) electrons. The summed E-state index contributed by atoms with van der Waals surface area (Å²) >= 11 is 16.0. The predicted molar refractivity (Wildman–Crippen MR) is 182 cm³/mol. The van der Waals surface area contributed by atoms with Crippen molar-refractivity contribution in [1.82, 2.24) is 14.3 Å². The summed E-state index contributed by atoms with van der Waals surface area (Å²) in [5.41, 5.74) is 3.74. The second-order valence-corrected chi connectivity index (χ2v) is 12.7. The van der Waals surface area contributed by atoms with E-state index in [1.807, 2.05) is 44.2 Å². The van der Waals surface area contributed by atoms with E-state index in [0.717, 1.165) is 61.0 Å². The molecule has 6 rings (SSSR count). The van der Waals surface area contributed by atoms with Crippen molar-refractivity contribution in [2.24, 2.45) is 0 Å². The number of rotatable bonds is 10. The topological polar surface area (TPSA) is 74.0 Å². The van der Waals surface area contributed by atoms with Gasteiger partial charge in [-0.1, -0.05) is 52.1 Å². The predicted octanol–water partition coefficient (Wildman–Crippen LogP) is 6.68. The highest BCUT2D eigenvalue weighted by molar-refractivity contribution is 9.09. The fraction of sp³-hybridized carbons (Fsp3) is 0.394. The number of alkyl halides is 1. The van der Waals surface area contributed by atoms with Crippen LogP contribution in [-0.2, 0) is 15.3 Å². The largest absolute Gasteiger partial charge is 0.491 e. The first-order valence-electron chi connectivity index (χ1n) is 15.1. The van der Waals surface area contributed by atoms with Crippen molar-refractivity contribution in [2.75, 3.05) is 54.5 Å². The molecule has 45 heavy (non-hydrogen) atoms. The molecular weight excluding hydrogens is 681 g/mol. The first-order chi connectivity index (χ1) is 21.8. The average molecular weight is 717 g/mol. The number of piperazine rings is 1. The van der Waals surface area contributed by atoms with Gasteiger partial charge in [-0.05, 0) is 74.0 Å². The molecule has 2 aliphatic heterocycles. The Morgan fingerprint density at radius 2 is 1.60 bits per heavy atom. The Hall–Kier alpha value is -3.02. The van der Waals surface area contributed by atoms with Crippen LogP contribution in [0.1, 0.15) is 31.9 Å². The van der Waals surface area contributed by atoms with E-state index < -0.39 is 5.79 Å². The van der Waals surface area contributed by atoms with Gasteiger partial charge in [-0.2, -0.15) is 5.10 Å². The molecule has 2 fully saturated rings. The van der Waals surface area contributed by atoms with Gasteiger partial charge in [0.25, 0.3) is 0 Å². The van der Waals surface area contributed by atoms with Gasteiger partial charge in [0.05, 0.1) is 28.7 Å². The Labute approximate surface area is 281 Å². The third-order valence-corrected chi connectivity index (χ3v) is 9.78. The molecule has 1 aromatic heterocycles. The minimum atomic E-state index is -0.986. The van der Waals surface area contributed by atoms with Crippen LogP contribution in [0, 0.1) is 0 Å². The zero-order valence-electron chi connectivity index (χ0n) is 25.2. The lowest BCUT2D eigenvalue weighted by Gasteiger charge is -2.37. The Morgan fingerprint density at radius 1 is 0.978 bits per heavy atom. The number of nitrogens with zero attached hydrogens (tertiary/aromatic N) is 5. The van der Waals surface area contributed by atoms with Crippen molar-refractivity contribution < 1.29 is 14.2 Å². The summed E-state index contributed by atoms with van der Waals surface area (Å²) in [6.45, 7) is 8.39. The van der Waals surface area contributed by atoms with E-state index in [0.29, 0.717) is 28.6 Å². The van der Waals surface area contributed by atoms with Crippen LogP contribution in [0.2, 0.25) is 10.0 Å². The Bertz CT molecular complexity index is 1660. The molecule has 0 spiro atoms. The molecule has 0 bridgehead atoms. The molecule has 238 valence electrons.